The summed E-state index contributed by atoms with van der Waals surface area (Å²) in [5, 5.41) is 8.61. The van der Waals surface area contributed by atoms with Crippen molar-refractivity contribution in [2.75, 3.05) is 11.9 Å². The molecule has 0 spiro atoms. The van der Waals surface area contributed by atoms with E-state index in [0.717, 1.165) is 27.8 Å². The van der Waals surface area contributed by atoms with Crippen molar-refractivity contribution < 1.29 is 4.79 Å². The predicted octanol–water partition coefficient (Wildman–Crippen LogP) is 3.89. The molecule has 0 saturated carbocycles. The lowest BCUT2D eigenvalue weighted by Crippen LogP contribution is -2.59. The summed E-state index contributed by atoms with van der Waals surface area (Å²) in [5.41, 5.74) is 3.85. The van der Waals surface area contributed by atoms with Crippen molar-refractivity contribution in [3.8, 4) is 0 Å². The topological polar surface area (TPSA) is 63.1 Å². The maximum atomic E-state index is 12.8. The van der Waals surface area contributed by atoms with E-state index in [2.05, 4.69) is 29.2 Å². The minimum Gasteiger partial charge on any atom is -0.316 e. The highest BCUT2D eigenvalue weighted by Gasteiger charge is 2.49. The van der Waals surface area contributed by atoms with Gasteiger partial charge in [-0.2, -0.15) is 5.10 Å². The fourth-order valence-corrected chi connectivity index (χ4v) is 3.89. The van der Waals surface area contributed by atoms with E-state index < -0.39 is 0 Å². The van der Waals surface area contributed by atoms with Crippen LogP contribution in [0.2, 0.25) is 0 Å². The number of hydrogen-bond acceptors (Lipinski definition) is 3. The van der Waals surface area contributed by atoms with Gasteiger partial charge in [-0.25, -0.2) is 4.79 Å². The number of aryl methyl sites for hydroxylation is 2. The number of anilines is 1. The van der Waals surface area contributed by atoms with Gasteiger partial charge >= 0.3 is 6.03 Å². The molecule has 4 rings (SSSR count). The molecular weight excluding hydrogens is 326 g/mol. The highest BCUT2D eigenvalue weighted by Crippen LogP contribution is 2.48. The molecule has 2 amide bonds. The Labute approximate surface area is 152 Å². The normalized spacial score (nSPS) is 18.6. The second-order valence-electron chi connectivity index (χ2n) is 7.68. The standard InChI is InChI=1S/C20H23N5O/c1-13-16-8-7-15(10-17(16)23-24(13)4)22-19(26)25-12-20(2,3)18(25)14-6-5-9-21-11-14/h5-11,18H,12H2,1-4H3,(H,22,26)/t18-/m1/s1. The minimum atomic E-state index is -0.0924. The number of carbonyl (C=O) groups is 1. The van der Waals surface area contributed by atoms with E-state index in [0.29, 0.717) is 6.54 Å². The Morgan fingerprint density at radius 2 is 2.12 bits per heavy atom. The van der Waals surface area contributed by atoms with Gasteiger partial charge in [0.25, 0.3) is 0 Å². The van der Waals surface area contributed by atoms with Crippen LogP contribution in [0, 0.1) is 12.3 Å². The van der Waals surface area contributed by atoms with Gasteiger partial charge in [0.15, 0.2) is 0 Å². The van der Waals surface area contributed by atoms with Crippen molar-refractivity contribution in [1.82, 2.24) is 19.7 Å². The van der Waals surface area contributed by atoms with E-state index in [9.17, 15) is 4.79 Å². The smallest absolute Gasteiger partial charge is 0.316 e. The van der Waals surface area contributed by atoms with E-state index >= 15 is 0 Å². The number of nitrogens with one attached hydrogen (secondary N) is 1. The fraction of sp³-hybridized carbons (Fsp3) is 0.350. The Morgan fingerprint density at radius 1 is 1.31 bits per heavy atom. The van der Waals surface area contributed by atoms with Crippen LogP contribution in [0.15, 0.2) is 42.7 Å². The van der Waals surface area contributed by atoms with Crippen LogP contribution in [0.25, 0.3) is 10.9 Å². The number of aromatic nitrogens is 3. The molecule has 3 aromatic rings. The molecule has 0 aliphatic carbocycles. The second kappa shape index (κ2) is 5.83. The maximum Gasteiger partial charge on any atom is 0.322 e. The van der Waals surface area contributed by atoms with Crippen molar-refractivity contribution in [1.29, 1.82) is 0 Å². The molecule has 1 N–H and O–H groups in total. The van der Waals surface area contributed by atoms with Gasteiger partial charge in [0.1, 0.15) is 0 Å². The van der Waals surface area contributed by atoms with Crippen LogP contribution in [0.3, 0.4) is 0 Å². The van der Waals surface area contributed by atoms with Gasteiger partial charge in [-0.3, -0.25) is 9.67 Å². The highest BCUT2D eigenvalue weighted by molar-refractivity contribution is 5.93. The zero-order valence-electron chi connectivity index (χ0n) is 15.5. The molecule has 134 valence electrons. The van der Waals surface area contributed by atoms with E-state index in [1.807, 2.05) is 60.1 Å². The van der Waals surface area contributed by atoms with Crippen molar-refractivity contribution in [2.24, 2.45) is 12.5 Å². The number of likely N-dealkylation sites (tertiary alicyclic amines) is 1. The first-order valence-electron chi connectivity index (χ1n) is 8.78. The third-order valence-electron chi connectivity index (χ3n) is 5.27. The number of carbonyl (C=O) groups excluding carboxylic acids is 1. The number of nitrogens with zero attached hydrogens (tertiary/aromatic N) is 4. The molecular formula is C20H23N5O. The van der Waals surface area contributed by atoms with Crippen LogP contribution in [-0.4, -0.2) is 32.2 Å². The Bertz CT molecular complexity index is 977. The molecule has 3 heterocycles. The third kappa shape index (κ3) is 2.62. The molecule has 1 aromatic carbocycles. The van der Waals surface area contributed by atoms with Gasteiger partial charge in [0.2, 0.25) is 0 Å². The number of rotatable bonds is 2. The zero-order chi connectivity index (χ0) is 18.5. The molecule has 26 heavy (non-hydrogen) atoms. The van der Waals surface area contributed by atoms with Crippen molar-refractivity contribution >= 4 is 22.6 Å². The molecule has 0 bridgehead atoms. The maximum absolute atomic E-state index is 12.8. The molecule has 1 aliphatic heterocycles. The summed E-state index contributed by atoms with van der Waals surface area (Å²) in [6, 6.07) is 9.73. The van der Waals surface area contributed by atoms with Crippen LogP contribution in [0.5, 0.6) is 0 Å². The van der Waals surface area contributed by atoms with E-state index in [1.54, 1.807) is 6.20 Å². The van der Waals surface area contributed by atoms with Crippen molar-refractivity contribution in [2.45, 2.75) is 26.8 Å². The van der Waals surface area contributed by atoms with Crippen LogP contribution >= 0.6 is 0 Å². The molecule has 2 aromatic heterocycles. The quantitative estimate of drug-likeness (QED) is 0.763. The average Bonchev–Trinajstić information content (AvgIpc) is 2.87. The van der Waals surface area contributed by atoms with E-state index in [-0.39, 0.29) is 17.5 Å². The molecule has 6 heteroatoms. The molecule has 6 nitrogen and oxygen atoms in total. The average molecular weight is 349 g/mol. The lowest BCUT2D eigenvalue weighted by Gasteiger charge is -2.54. The Hall–Kier alpha value is -2.89. The van der Waals surface area contributed by atoms with E-state index in [1.165, 1.54) is 0 Å². The first-order chi connectivity index (χ1) is 12.4. The van der Waals surface area contributed by atoms with Gasteiger partial charge in [-0.15, -0.1) is 0 Å². The lowest BCUT2D eigenvalue weighted by molar-refractivity contribution is -0.0117. The SMILES string of the molecule is Cc1c2ccc(NC(=O)N3CC(C)(C)[C@H]3c3cccnc3)cc2nn1C. The summed E-state index contributed by atoms with van der Waals surface area (Å²) in [7, 11) is 1.92. The summed E-state index contributed by atoms with van der Waals surface area (Å²) in [6.45, 7) is 7.10. The summed E-state index contributed by atoms with van der Waals surface area (Å²) < 4.78 is 1.85. The molecule has 1 atom stereocenters. The van der Waals surface area contributed by atoms with Crippen LogP contribution in [0.4, 0.5) is 10.5 Å². The molecule has 0 unspecified atom stereocenters. The van der Waals surface area contributed by atoms with E-state index in [4.69, 9.17) is 0 Å². The number of hydrogen-bond donors (Lipinski definition) is 1. The third-order valence-corrected chi connectivity index (χ3v) is 5.27. The summed E-state index contributed by atoms with van der Waals surface area (Å²) in [5.74, 6) is 0. The lowest BCUT2D eigenvalue weighted by atomic mass is 9.72. The first-order valence-corrected chi connectivity index (χ1v) is 8.78. The molecule has 1 saturated heterocycles. The number of fused-ring (bicyclic) bond motifs is 1. The molecule has 1 aliphatic rings. The molecule has 1 fully saturated rings. The number of amides is 2. The highest BCUT2D eigenvalue weighted by atomic mass is 16.2. The van der Waals surface area contributed by atoms with Crippen molar-refractivity contribution in [3.05, 3.63) is 54.0 Å². The van der Waals surface area contributed by atoms with Gasteiger partial charge in [0.05, 0.1) is 11.6 Å². The number of benzene rings is 1. The number of urea groups is 1. The predicted molar refractivity (Wildman–Crippen MR) is 102 cm³/mol. The van der Waals surface area contributed by atoms with Crippen LogP contribution in [-0.2, 0) is 7.05 Å². The second-order valence-corrected chi connectivity index (χ2v) is 7.68. The Morgan fingerprint density at radius 3 is 2.81 bits per heavy atom. The first kappa shape index (κ1) is 16.6. The van der Waals surface area contributed by atoms with Gasteiger partial charge in [-0.1, -0.05) is 19.9 Å². The summed E-state index contributed by atoms with van der Waals surface area (Å²) >= 11 is 0. The van der Waals surface area contributed by atoms with Gasteiger partial charge < -0.3 is 10.2 Å². The van der Waals surface area contributed by atoms with Crippen molar-refractivity contribution in [3.63, 3.8) is 0 Å². The van der Waals surface area contributed by atoms with Crippen LogP contribution in [0.1, 0.15) is 31.1 Å². The fourth-order valence-electron chi connectivity index (χ4n) is 3.89. The Balaban J connectivity index is 1.56. The van der Waals surface area contributed by atoms with Crippen LogP contribution < -0.4 is 5.32 Å². The number of pyridine rings is 1. The van der Waals surface area contributed by atoms with Gasteiger partial charge in [-0.05, 0) is 36.8 Å². The zero-order valence-corrected chi connectivity index (χ0v) is 15.5. The summed E-state index contributed by atoms with van der Waals surface area (Å²) in [4.78, 5) is 18.9. The monoisotopic (exact) mass is 349 g/mol. The van der Waals surface area contributed by atoms with Gasteiger partial charge in [0, 0.05) is 48.2 Å². The largest absolute Gasteiger partial charge is 0.322 e. The Kier molecular flexibility index (Phi) is 3.72. The summed E-state index contributed by atoms with van der Waals surface area (Å²) in [6.07, 6.45) is 3.60. The minimum absolute atomic E-state index is 0.0250. The molecule has 0 radical (unpaired) electrons.